The first-order chi connectivity index (χ1) is 7.61. The Labute approximate surface area is 90.7 Å². The van der Waals surface area contributed by atoms with Crippen molar-refractivity contribution in [2.75, 3.05) is 0 Å². The predicted molar refractivity (Wildman–Crippen MR) is 54.6 cm³/mol. The van der Waals surface area contributed by atoms with E-state index < -0.39 is 11.7 Å². The Balaban J connectivity index is 2.58. The second-order valence-electron chi connectivity index (χ2n) is 3.25. The Morgan fingerprint density at radius 2 is 2.12 bits per heavy atom. The number of amides is 1. The van der Waals surface area contributed by atoms with Crippen LogP contribution in [0.15, 0.2) is 24.3 Å². The maximum Gasteiger partial charge on any atom is 0.271 e. The van der Waals surface area contributed by atoms with E-state index in [2.05, 4.69) is 10.3 Å². The Bertz CT molecular complexity index is 550. The van der Waals surface area contributed by atoms with Gasteiger partial charge in [-0.2, -0.15) is 0 Å². The molecule has 1 aromatic carbocycles. The average molecular weight is 220 g/mol. The van der Waals surface area contributed by atoms with Gasteiger partial charge in [-0.1, -0.05) is 17.3 Å². The fourth-order valence-electron chi connectivity index (χ4n) is 1.41. The van der Waals surface area contributed by atoms with E-state index in [1.54, 1.807) is 25.1 Å². The molecule has 1 aromatic heterocycles. The highest BCUT2D eigenvalue weighted by Crippen LogP contribution is 2.14. The molecule has 0 bridgehead atoms. The summed E-state index contributed by atoms with van der Waals surface area (Å²) in [5.41, 5.74) is 5.79. The molecule has 0 aliphatic rings. The van der Waals surface area contributed by atoms with Crippen LogP contribution in [0.1, 0.15) is 16.2 Å². The normalized spacial score (nSPS) is 10.4. The number of para-hydroxylation sites is 1. The molecule has 0 saturated heterocycles. The smallest absolute Gasteiger partial charge is 0.271 e. The number of hydrogen-bond acceptors (Lipinski definition) is 3. The Hall–Kier alpha value is -2.24. The summed E-state index contributed by atoms with van der Waals surface area (Å²) in [6.07, 6.45) is 0. The monoisotopic (exact) mass is 220 g/mol. The van der Waals surface area contributed by atoms with E-state index >= 15 is 0 Å². The number of nitrogens with two attached hydrogens (primary N) is 1. The van der Waals surface area contributed by atoms with Crippen molar-refractivity contribution in [3.63, 3.8) is 0 Å². The SMILES string of the molecule is Cc1c(C(N)=O)nnn1-c1ccccc1F. The lowest BCUT2D eigenvalue weighted by molar-refractivity contribution is 0.0995. The molecule has 0 radical (unpaired) electrons. The van der Waals surface area contributed by atoms with Crippen LogP contribution in [0.25, 0.3) is 5.69 Å². The van der Waals surface area contributed by atoms with Crippen LogP contribution in [0.2, 0.25) is 0 Å². The van der Waals surface area contributed by atoms with Crippen LogP contribution >= 0.6 is 0 Å². The lowest BCUT2D eigenvalue weighted by Crippen LogP contribution is -2.13. The van der Waals surface area contributed by atoms with Crippen molar-refractivity contribution in [2.24, 2.45) is 5.73 Å². The molecule has 0 saturated carbocycles. The van der Waals surface area contributed by atoms with Gasteiger partial charge in [0.2, 0.25) is 0 Å². The van der Waals surface area contributed by atoms with Gasteiger partial charge in [0, 0.05) is 0 Å². The standard InChI is InChI=1S/C10H9FN4O/c1-6-9(10(12)16)13-14-15(6)8-5-3-2-4-7(8)11/h2-5H,1H3,(H2,12,16). The highest BCUT2D eigenvalue weighted by atomic mass is 19.1. The molecule has 16 heavy (non-hydrogen) atoms. The molecule has 1 heterocycles. The van der Waals surface area contributed by atoms with Crippen LogP contribution in [-0.4, -0.2) is 20.9 Å². The van der Waals surface area contributed by atoms with E-state index in [9.17, 15) is 9.18 Å². The van der Waals surface area contributed by atoms with Crippen molar-refractivity contribution in [3.05, 3.63) is 41.5 Å². The summed E-state index contributed by atoms with van der Waals surface area (Å²) in [5, 5.41) is 7.30. The van der Waals surface area contributed by atoms with E-state index in [4.69, 9.17) is 5.73 Å². The molecule has 2 N–H and O–H groups in total. The van der Waals surface area contributed by atoms with Gasteiger partial charge in [-0.05, 0) is 19.1 Å². The molecule has 0 unspecified atom stereocenters. The van der Waals surface area contributed by atoms with Crippen molar-refractivity contribution >= 4 is 5.91 Å². The van der Waals surface area contributed by atoms with Gasteiger partial charge in [-0.25, -0.2) is 9.07 Å². The zero-order valence-electron chi connectivity index (χ0n) is 8.51. The van der Waals surface area contributed by atoms with Gasteiger partial charge in [0.25, 0.3) is 5.91 Å². The summed E-state index contributed by atoms with van der Waals surface area (Å²) in [7, 11) is 0. The number of halogens is 1. The topological polar surface area (TPSA) is 73.8 Å². The van der Waals surface area contributed by atoms with Crippen molar-refractivity contribution in [3.8, 4) is 5.69 Å². The molecule has 5 nitrogen and oxygen atoms in total. The van der Waals surface area contributed by atoms with Gasteiger partial charge >= 0.3 is 0 Å². The fourth-order valence-corrected chi connectivity index (χ4v) is 1.41. The summed E-state index contributed by atoms with van der Waals surface area (Å²) in [6, 6.07) is 6.09. The van der Waals surface area contributed by atoms with Gasteiger partial charge in [0.1, 0.15) is 11.5 Å². The summed E-state index contributed by atoms with van der Waals surface area (Å²) >= 11 is 0. The average Bonchev–Trinajstić information content (AvgIpc) is 2.61. The van der Waals surface area contributed by atoms with Gasteiger partial charge in [-0.3, -0.25) is 4.79 Å². The summed E-state index contributed by atoms with van der Waals surface area (Å²) in [4.78, 5) is 11.0. The van der Waals surface area contributed by atoms with Crippen LogP contribution in [0.4, 0.5) is 4.39 Å². The second-order valence-corrected chi connectivity index (χ2v) is 3.25. The number of carbonyl (C=O) groups excluding carboxylic acids is 1. The Morgan fingerprint density at radius 3 is 2.69 bits per heavy atom. The lowest BCUT2D eigenvalue weighted by atomic mass is 10.3. The van der Waals surface area contributed by atoms with E-state index in [-0.39, 0.29) is 11.4 Å². The first-order valence-electron chi connectivity index (χ1n) is 4.58. The summed E-state index contributed by atoms with van der Waals surface area (Å²) in [6.45, 7) is 1.60. The third kappa shape index (κ3) is 1.54. The van der Waals surface area contributed by atoms with E-state index in [1.807, 2.05) is 0 Å². The number of rotatable bonds is 2. The van der Waals surface area contributed by atoms with Gasteiger partial charge in [-0.15, -0.1) is 5.10 Å². The minimum atomic E-state index is -0.680. The van der Waals surface area contributed by atoms with Gasteiger partial charge in [0.05, 0.1) is 5.69 Å². The number of nitrogens with zero attached hydrogens (tertiary/aromatic N) is 3. The zero-order chi connectivity index (χ0) is 11.7. The molecule has 0 fully saturated rings. The van der Waals surface area contributed by atoms with E-state index in [1.165, 1.54) is 10.7 Å². The van der Waals surface area contributed by atoms with E-state index in [0.717, 1.165) is 0 Å². The van der Waals surface area contributed by atoms with Gasteiger partial charge < -0.3 is 5.73 Å². The van der Waals surface area contributed by atoms with Crippen LogP contribution in [0.5, 0.6) is 0 Å². The molecule has 0 atom stereocenters. The van der Waals surface area contributed by atoms with Gasteiger partial charge in [0.15, 0.2) is 5.69 Å². The lowest BCUT2D eigenvalue weighted by Gasteiger charge is -2.03. The summed E-state index contributed by atoms with van der Waals surface area (Å²) in [5.74, 6) is -1.12. The van der Waals surface area contributed by atoms with Crippen molar-refractivity contribution in [2.45, 2.75) is 6.92 Å². The van der Waals surface area contributed by atoms with Crippen LogP contribution < -0.4 is 5.73 Å². The molecule has 82 valence electrons. The third-order valence-electron chi connectivity index (χ3n) is 2.21. The van der Waals surface area contributed by atoms with Crippen molar-refractivity contribution in [1.82, 2.24) is 15.0 Å². The molecule has 1 amide bonds. The third-order valence-corrected chi connectivity index (χ3v) is 2.21. The largest absolute Gasteiger partial charge is 0.364 e. The number of carbonyl (C=O) groups is 1. The first kappa shape index (κ1) is 10.3. The molecule has 0 aliphatic heterocycles. The molecule has 0 aliphatic carbocycles. The molecular formula is C10H9FN4O. The first-order valence-corrected chi connectivity index (χ1v) is 4.58. The quantitative estimate of drug-likeness (QED) is 0.813. The second kappa shape index (κ2) is 3.73. The molecule has 2 rings (SSSR count). The maximum atomic E-state index is 13.5. The molecule has 0 spiro atoms. The van der Waals surface area contributed by atoms with E-state index in [0.29, 0.717) is 5.69 Å². The number of aromatic nitrogens is 3. The predicted octanol–water partition coefficient (Wildman–Crippen LogP) is 0.814. The van der Waals surface area contributed by atoms with Crippen molar-refractivity contribution < 1.29 is 9.18 Å². The number of hydrogen-bond donors (Lipinski definition) is 1. The minimum Gasteiger partial charge on any atom is -0.364 e. The molecular weight excluding hydrogens is 211 g/mol. The Morgan fingerprint density at radius 1 is 1.44 bits per heavy atom. The number of primary amides is 1. The minimum absolute atomic E-state index is 0.0447. The zero-order valence-corrected chi connectivity index (χ0v) is 8.51. The number of benzene rings is 1. The summed E-state index contributed by atoms with van der Waals surface area (Å²) < 4.78 is 14.7. The van der Waals surface area contributed by atoms with Crippen LogP contribution in [0.3, 0.4) is 0 Å². The van der Waals surface area contributed by atoms with Crippen LogP contribution in [-0.2, 0) is 0 Å². The molecule has 2 aromatic rings. The maximum absolute atomic E-state index is 13.5. The molecule has 6 heteroatoms. The highest BCUT2D eigenvalue weighted by Gasteiger charge is 2.15. The van der Waals surface area contributed by atoms with Crippen molar-refractivity contribution in [1.29, 1.82) is 0 Å². The Kier molecular flexibility index (Phi) is 2.40. The highest BCUT2D eigenvalue weighted by molar-refractivity contribution is 5.91. The fraction of sp³-hybridized carbons (Fsp3) is 0.100. The van der Waals surface area contributed by atoms with Crippen LogP contribution in [0, 0.1) is 12.7 Å².